The fourth-order valence-corrected chi connectivity index (χ4v) is 3.90. The first-order chi connectivity index (χ1) is 8.88. The summed E-state index contributed by atoms with van der Waals surface area (Å²) in [7, 11) is 0. The third-order valence-electron chi connectivity index (χ3n) is 3.76. The van der Waals surface area contributed by atoms with Gasteiger partial charge in [0.1, 0.15) is 5.01 Å². The van der Waals surface area contributed by atoms with Gasteiger partial charge in [-0.1, -0.05) is 25.5 Å². The molecule has 18 heavy (non-hydrogen) atoms. The Balaban J connectivity index is 1.84. The summed E-state index contributed by atoms with van der Waals surface area (Å²) < 4.78 is 1.33. The molecule has 0 N–H and O–H groups in total. The second-order valence-electron chi connectivity index (χ2n) is 5.07. The van der Waals surface area contributed by atoms with Gasteiger partial charge >= 0.3 is 0 Å². The van der Waals surface area contributed by atoms with Crippen molar-refractivity contribution in [2.45, 2.75) is 38.6 Å². The van der Waals surface area contributed by atoms with Crippen LogP contribution in [0.25, 0.3) is 10.2 Å². The van der Waals surface area contributed by atoms with E-state index in [1.165, 1.54) is 54.0 Å². The maximum absolute atomic E-state index is 4.83. The Morgan fingerprint density at radius 3 is 3.11 bits per heavy atom. The van der Waals surface area contributed by atoms with E-state index < -0.39 is 0 Å². The van der Waals surface area contributed by atoms with Crippen LogP contribution in [-0.4, -0.2) is 23.0 Å². The molecule has 0 saturated carbocycles. The number of hydrogen-bond donors (Lipinski definition) is 0. The van der Waals surface area contributed by atoms with Gasteiger partial charge in [0.2, 0.25) is 0 Å². The first-order valence-electron chi connectivity index (χ1n) is 6.98. The highest BCUT2D eigenvalue weighted by atomic mass is 32.1. The second kappa shape index (κ2) is 5.37. The van der Waals surface area contributed by atoms with Gasteiger partial charge in [-0.2, -0.15) is 0 Å². The van der Waals surface area contributed by atoms with Gasteiger partial charge < -0.3 is 0 Å². The predicted octanol–water partition coefficient (Wildman–Crippen LogP) is 4.23. The molecule has 0 amide bonds. The van der Waals surface area contributed by atoms with Gasteiger partial charge in [0.25, 0.3) is 0 Å². The molecule has 0 spiro atoms. The summed E-state index contributed by atoms with van der Waals surface area (Å²) in [5.41, 5.74) is 1.17. The molecule has 2 heterocycles. The molecule has 1 atom stereocenters. The molecule has 1 unspecified atom stereocenters. The minimum absolute atomic E-state index is 0.578. The van der Waals surface area contributed by atoms with Gasteiger partial charge in [-0.25, -0.2) is 4.98 Å². The molecule has 0 bridgehead atoms. The summed E-state index contributed by atoms with van der Waals surface area (Å²) in [6, 6.07) is 9.07. The fraction of sp³-hybridized carbons (Fsp3) is 0.533. The van der Waals surface area contributed by atoms with E-state index in [2.05, 4.69) is 36.1 Å². The van der Waals surface area contributed by atoms with Crippen LogP contribution in [0.1, 0.15) is 43.7 Å². The minimum Gasteiger partial charge on any atom is -0.294 e. The van der Waals surface area contributed by atoms with Crippen molar-refractivity contribution in [1.82, 2.24) is 9.88 Å². The van der Waals surface area contributed by atoms with E-state index in [1.807, 2.05) is 11.3 Å². The zero-order valence-corrected chi connectivity index (χ0v) is 11.7. The highest BCUT2D eigenvalue weighted by molar-refractivity contribution is 7.18. The number of benzene rings is 1. The van der Waals surface area contributed by atoms with Crippen LogP contribution in [0.4, 0.5) is 0 Å². The van der Waals surface area contributed by atoms with Gasteiger partial charge in [-0.05, 0) is 44.5 Å². The van der Waals surface area contributed by atoms with Gasteiger partial charge in [0, 0.05) is 0 Å². The molecule has 1 aromatic heterocycles. The first-order valence-corrected chi connectivity index (χ1v) is 7.79. The van der Waals surface area contributed by atoms with Crippen molar-refractivity contribution in [2.24, 2.45) is 0 Å². The Labute approximate surface area is 113 Å². The van der Waals surface area contributed by atoms with Crippen LogP contribution < -0.4 is 0 Å². The lowest BCUT2D eigenvalue weighted by Crippen LogP contribution is -2.24. The van der Waals surface area contributed by atoms with Crippen molar-refractivity contribution in [3.05, 3.63) is 29.3 Å². The summed E-state index contributed by atoms with van der Waals surface area (Å²) >= 11 is 1.88. The summed E-state index contributed by atoms with van der Waals surface area (Å²) in [6.07, 6.45) is 5.19. The third kappa shape index (κ3) is 2.29. The molecule has 2 aromatic rings. The number of hydrogen-bond acceptors (Lipinski definition) is 3. The molecule has 1 aliphatic heterocycles. The summed E-state index contributed by atoms with van der Waals surface area (Å²) in [4.78, 5) is 7.46. The van der Waals surface area contributed by atoms with E-state index in [0.29, 0.717) is 6.04 Å². The van der Waals surface area contributed by atoms with E-state index in [9.17, 15) is 0 Å². The van der Waals surface area contributed by atoms with Crippen LogP contribution in [0.15, 0.2) is 24.3 Å². The third-order valence-corrected chi connectivity index (χ3v) is 4.90. The predicted molar refractivity (Wildman–Crippen MR) is 78.1 cm³/mol. The van der Waals surface area contributed by atoms with Crippen LogP contribution >= 0.6 is 11.3 Å². The number of likely N-dealkylation sites (tertiary alicyclic amines) is 1. The fourth-order valence-electron chi connectivity index (χ4n) is 2.77. The van der Waals surface area contributed by atoms with Crippen molar-refractivity contribution in [3.63, 3.8) is 0 Å². The van der Waals surface area contributed by atoms with Crippen LogP contribution in [0.5, 0.6) is 0 Å². The topological polar surface area (TPSA) is 16.1 Å². The number of rotatable bonds is 4. The molecule has 3 rings (SSSR count). The van der Waals surface area contributed by atoms with E-state index in [0.717, 1.165) is 0 Å². The van der Waals surface area contributed by atoms with Crippen molar-refractivity contribution >= 4 is 21.6 Å². The maximum Gasteiger partial charge on any atom is 0.111 e. The van der Waals surface area contributed by atoms with Gasteiger partial charge in [-0.3, -0.25) is 4.90 Å². The number of unbranched alkanes of at least 4 members (excludes halogenated alkanes) is 1. The number of thiazole rings is 1. The minimum atomic E-state index is 0.578. The summed E-state index contributed by atoms with van der Waals surface area (Å²) in [5.74, 6) is 0. The van der Waals surface area contributed by atoms with Crippen molar-refractivity contribution < 1.29 is 0 Å². The van der Waals surface area contributed by atoms with Crippen molar-refractivity contribution in [3.8, 4) is 0 Å². The molecule has 1 aliphatic rings. The number of para-hydroxylation sites is 1. The summed E-state index contributed by atoms with van der Waals surface area (Å²) in [6.45, 7) is 4.75. The monoisotopic (exact) mass is 260 g/mol. The van der Waals surface area contributed by atoms with Crippen molar-refractivity contribution in [2.75, 3.05) is 13.1 Å². The van der Waals surface area contributed by atoms with Gasteiger partial charge in [0.15, 0.2) is 0 Å². The van der Waals surface area contributed by atoms with E-state index >= 15 is 0 Å². The quantitative estimate of drug-likeness (QED) is 0.817. The molecule has 0 radical (unpaired) electrons. The largest absolute Gasteiger partial charge is 0.294 e. The van der Waals surface area contributed by atoms with Crippen LogP contribution in [0, 0.1) is 0 Å². The number of aromatic nitrogens is 1. The Bertz CT molecular complexity index is 487. The second-order valence-corrected chi connectivity index (χ2v) is 6.13. The average molecular weight is 260 g/mol. The Hall–Kier alpha value is -0.930. The Morgan fingerprint density at radius 2 is 2.28 bits per heavy atom. The maximum atomic E-state index is 4.83. The molecule has 2 nitrogen and oxygen atoms in total. The van der Waals surface area contributed by atoms with E-state index in [-0.39, 0.29) is 0 Å². The smallest absolute Gasteiger partial charge is 0.111 e. The highest BCUT2D eigenvalue weighted by Crippen LogP contribution is 2.36. The average Bonchev–Trinajstić information content (AvgIpc) is 3.01. The standard InChI is InChI=1S/C15H20N2S/c1-2-3-10-17-11-6-8-13(17)15-16-12-7-4-5-9-14(12)18-15/h4-5,7,9,13H,2-3,6,8,10-11H2,1H3. The lowest BCUT2D eigenvalue weighted by atomic mass is 10.2. The SMILES string of the molecule is CCCCN1CCCC1c1nc2ccccc2s1. The van der Waals surface area contributed by atoms with Gasteiger partial charge in [0.05, 0.1) is 16.3 Å². The van der Waals surface area contributed by atoms with E-state index in [1.54, 1.807) is 0 Å². The van der Waals surface area contributed by atoms with Crippen LogP contribution in [-0.2, 0) is 0 Å². The first kappa shape index (κ1) is 12.1. The lowest BCUT2D eigenvalue weighted by Gasteiger charge is -2.22. The highest BCUT2D eigenvalue weighted by Gasteiger charge is 2.27. The van der Waals surface area contributed by atoms with Gasteiger partial charge in [-0.15, -0.1) is 11.3 Å². The number of nitrogens with zero attached hydrogens (tertiary/aromatic N) is 2. The van der Waals surface area contributed by atoms with E-state index in [4.69, 9.17) is 4.98 Å². The zero-order valence-electron chi connectivity index (χ0n) is 10.9. The normalized spacial score (nSPS) is 20.8. The zero-order chi connectivity index (χ0) is 12.4. The van der Waals surface area contributed by atoms with Crippen molar-refractivity contribution in [1.29, 1.82) is 0 Å². The molecule has 1 fully saturated rings. The lowest BCUT2D eigenvalue weighted by molar-refractivity contribution is 0.253. The molecule has 0 aliphatic carbocycles. The Kier molecular flexibility index (Phi) is 3.62. The number of fused-ring (bicyclic) bond motifs is 1. The molecular formula is C15H20N2S. The molecule has 96 valence electrons. The van der Waals surface area contributed by atoms with Crippen LogP contribution in [0.2, 0.25) is 0 Å². The molecular weight excluding hydrogens is 240 g/mol. The molecule has 1 aromatic carbocycles. The molecule has 3 heteroatoms. The summed E-state index contributed by atoms with van der Waals surface area (Å²) in [5, 5.41) is 1.32. The Morgan fingerprint density at radius 1 is 1.39 bits per heavy atom. The molecule has 1 saturated heterocycles. The van der Waals surface area contributed by atoms with Crippen LogP contribution in [0.3, 0.4) is 0 Å².